The van der Waals surface area contributed by atoms with Crippen molar-refractivity contribution in [1.29, 1.82) is 0 Å². The first-order valence-electron chi connectivity index (χ1n) is 11.8. The Morgan fingerprint density at radius 2 is 1.80 bits per heavy atom. The lowest BCUT2D eigenvalue weighted by Gasteiger charge is -2.24. The minimum absolute atomic E-state index is 0.186. The average Bonchev–Trinajstić information content (AvgIpc) is 3.12. The van der Waals surface area contributed by atoms with Crippen molar-refractivity contribution in [2.45, 2.75) is 40.7 Å². The highest BCUT2D eigenvalue weighted by Gasteiger charge is 2.33. The van der Waals surface area contributed by atoms with Crippen LogP contribution in [0.15, 0.2) is 69.6 Å². The van der Waals surface area contributed by atoms with Crippen LogP contribution in [0.1, 0.15) is 50.4 Å². The van der Waals surface area contributed by atoms with Crippen LogP contribution in [-0.4, -0.2) is 23.8 Å². The lowest BCUT2D eigenvalue weighted by molar-refractivity contribution is -0.139. The summed E-state index contributed by atoms with van der Waals surface area (Å²) in [4.78, 5) is 31.7. The third kappa shape index (κ3) is 5.30. The van der Waals surface area contributed by atoms with E-state index in [4.69, 9.17) is 9.47 Å². The number of nitrogens with zero attached hydrogens (tertiary/aromatic N) is 2. The zero-order valence-electron chi connectivity index (χ0n) is 20.7. The number of fused-ring (bicyclic) bond motifs is 1. The van der Waals surface area contributed by atoms with Gasteiger partial charge in [0.25, 0.3) is 5.56 Å². The van der Waals surface area contributed by atoms with Gasteiger partial charge in [0.15, 0.2) is 4.80 Å². The van der Waals surface area contributed by atoms with Crippen LogP contribution in [0.25, 0.3) is 6.08 Å². The lowest BCUT2D eigenvalue weighted by Crippen LogP contribution is -2.39. The van der Waals surface area contributed by atoms with E-state index in [0.29, 0.717) is 33.1 Å². The molecule has 0 amide bonds. The van der Waals surface area contributed by atoms with Gasteiger partial charge in [-0.2, -0.15) is 0 Å². The van der Waals surface area contributed by atoms with Crippen molar-refractivity contribution in [3.05, 3.63) is 96.2 Å². The van der Waals surface area contributed by atoms with E-state index in [1.807, 2.05) is 61.5 Å². The number of esters is 1. The highest BCUT2D eigenvalue weighted by molar-refractivity contribution is 7.07. The van der Waals surface area contributed by atoms with Gasteiger partial charge in [-0.15, -0.1) is 0 Å². The number of aryl methyl sites for hydroxylation is 1. The molecule has 1 aliphatic rings. The number of hydrogen-bond donors (Lipinski definition) is 0. The standard InChI is InChI=1S/C28H30N2O4S/c1-6-33-27(32)24-19(5)29-28-30(25(24)21-11-7-18(4)8-12-21)26(31)23(35-28)15-20-9-13-22(14-10-20)34-16-17(2)3/h7-15,17,25H,6,16H2,1-5H3/b23-15+/t25-/m0/s1. The molecule has 2 aromatic carbocycles. The summed E-state index contributed by atoms with van der Waals surface area (Å²) in [5.41, 5.74) is 3.59. The molecule has 1 atom stereocenters. The first-order valence-corrected chi connectivity index (χ1v) is 12.6. The predicted octanol–water partition coefficient (Wildman–Crippen LogP) is 4.14. The molecule has 0 bridgehead atoms. The summed E-state index contributed by atoms with van der Waals surface area (Å²) in [6, 6.07) is 14.9. The maximum absolute atomic E-state index is 13.6. The molecular weight excluding hydrogens is 460 g/mol. The van der Waals surface area contributed by atoms with Crippen LogP contribution in [-0.2, 0) is 9.53 Å². The molecule has 3 aromatic rings. The van der Waals surface area contributed by atoms with Crippen molar-refractivity contribution in [3.8, 4) is 5.75 Å². The van der Waals surface area contributed by atoms with E-state index < -0.39 is 12.0 Å². The molecule has 0 aliphatic carbocycles. The van der Waals surface area contributed by atoms with Gasteiger partial charge in [-0.3, -0.25) is 9.36 Å². The van der Waals surface area contributed by atoms with Gasteiger partial charge in [0.1, 0.15) is 5.75 Å². The molecular formula is C28H30N2O4S. The van der Waals surface area contributed by atoms with E-state index in [0.717, 1.165) is 22.4 Å². The summed E-state index contributed by atoms with van der Waals surface area (Å²) in [6.45, 7) is 10.7. The topological polar surface area (TPSA) is 69.9 Å². The van der Waals surface area contributed by atoms with E-state index in [1.54, 1.807) is 18.4 Å². The number of ether oxygens (including phenoxy) is 2. The van der Waals surface area contributed by atoms with Crippen molar-refractivity contribution in [3.63, 3.8) is 0 Å². The average molecular weight is 491 g/mol. The van der Waals surface area contributed by atoms with Crippen LogP contribution in [0.2, 0.25) is 0 Å². The number of allylic oxidation sites excluding steroid dienone is 1. The third-order valence-electron chi connectivity index (χ3n) is 5.67. The molecule has 0 unspecified atom stereocenters. The van der Waals surface area contributed by atoms with Crippen LogP contribution in [0.3, 0.4) is 0 Å². The fourth-order valence-corrected chi connectivity index (χ4v) is 4.98. The zero-order valence-corrected chi connectivity index (χ0v) is 21.5. The second kappa shape index (κ2) is 10.4. The van der Waals surface area contributed by atoms with Crippen LogP contribution >= 0.6 is 11.3 Å². The molecule has 1 aromatic heterocycles. The van der Waals surface area contributed by atoms with Crippen LogP contribution in [0.4, 0.5) is 0 Å². The van der Waals surface area contributed by atoms with Crippen molar-refractivity contribution >= 4 is 23.4 Å². The van der Waals surface area contributed by atoms with Crippen LogP contribution in [0.5, 0.6) is 5.75 Å². The maximum atomic E-state index is 13.6. The molecule has 0 fully saturated rings. The van der Waals surface area contributed by atoms with E-state index in [-0.39, 0.29) is 12.2 Å². The molecule has 7 heteroatoms. The molecule has 4 rings (SSSR count). The number of hydrogen-bond acceptors (Lipinski definition) is 6. The molecule has 0 N–H and O–H groups in total. The Morgan fingerprint density at radius 3 is 2.43 bits per heavy atom. The summed E-state index contributed by atoms with van der Waals surface area (Å²) in [5.74, 6) is 0.789. The SMILES string of the molecule is CCOC(=O)C1=C(C)N=c2s/c(=C/c3ccc(OCC(C)C)cc3)c(=O)n2[C@H]1c1ccc(C)cc1. The number of thiazole rings is 1. The van der Waals surface area contributed by atoms with Crippen LogP contribution in [0, 0.1) is 12.8 Å². The molecule has 0 radical (unpaired) electrons. The van der Waals surface area contributed by atoms with Crippen molar-refractivity contribution < 1.29 is 14.3 Å². The van der Waals surface area contributed by atoms with E-state index in [9.17, 15) is 9.59 Å². The molecule has 0 spiro atoms. The van der Waals surface area contributed by atoms with Gasteiger partial charge in [-0.1, -0.05) is 67.1 Å². The summed E-state index contributed by atoms with van der Waals surface area (Å²) in [5, 5.41) is 0. The Kier molecular flexibility index (Phi) is 7.36. The summed E-state index contributed by atoms with van der Waals surface area (Å²) in [6.07, 6.45) is 1.85. The van der Waals surface area contributed by atoms with Crippen molar-refractivity contribution in [2.24, 2.45) is 10.9 Å². The first-order chi connectivity index (χ1) is 16.8. The Balaban J connectivity index is 1.80. The van der Waals surface area contributed by atoms with Gasteiger partial charge >= 0.3 is 5.97 Å². The summed E-state index contributed by atoms with van der Waals surface area (Å²) < 4.78 is 13.3. The minimum Gasteiger partial charge on any atom is -0.493 e. The third-order valence-corrected chi connectivity index (χ3v) is 6.65. The number of carbonyl (C=O) groups excluding carboxylic acids is 1. The number of rotatable bonds is 7. The van der Waals surface area contributed by atoms with Crippen molar-refractivity contribution in [1.82, 2.24) is 4.57 Å². The summed E-state index contributed by atoms with van der Waals surface area (Å²) >= 11 is 1.32. The highest BCUT2D eigenvalue weighted by atomic mass is 32.1. The van der Waals surface area contributed by atoms with Gasteiger partial charge in [0, 0.05) is 0 Å². The Hall–Kier alpha value is -3.45. The van der Waals surface area contributed by atoms with E-state index in [2.05, 4.69) is 18.8 Å². The lowest BCUT2D eigenvalue weighted by atomic mass is 9.95. The molecule has 2 heterocycles. The zero-order chi connectivity index (χ0) is 25.1. The normalized spacial score (nSPS) is 15.7. The molecule has 182 valence electrons. The Morgan fingerprint density at radius 1 is 1.11 bits per heavy atom. The second-order valence-corrected chi connectivity index (χ2v) is 10.00. The highest BCUT2D eigenvalue weighted by Crippen LogP contribution is 2.30. The molecule has 0 saturated carbocycles. The minimum atomic E-state index is -0.597. The summed E-state index contributed by atoms with van der Waals surface area (Å²) in [7, 11) is 0. The van der Waals surface area contributed by atoms with Crippen LogP contribution < -0.4 is 19.6 Å². The van der Waals surface area contributed by atoms with E-state index in [1.165, 1.54) is 11.3 Å². The number of carbonyl (C=O) groups is 1. The van der Waals surface area contributed by atoms with Crippen molar-refractivity contribution in [2.75, 3.05) is 13.2 Å². The Bertz CT molecular complexity index is 1430. The monoisotopic (exact) mass is 490 g/mol. The van der Waals surface area contributed by atoms with E-state index >= 15 is 0 Å². The predicted molar refractivity (Wildman–Crippen MR) is 138 cm³/mol. The van der Waals surface area contributed by atoms with Gasteiger partial charge in [0.2, 0.25) is 0 Å². The molecule has 1 aliphatic heterocycles. The van der Waals surface area contributed by atoms with Gasteiger partial charge in [-0.05, 0) is 56.0 Å². The Labute approximate surface area is 208 Å². The first kappa shape index (κ1) is 24.7. The van der Waals surface area contributed by atoms with Gasteiger partial charge < -0.3 is 9.47 Å². The molecule has 35 heavy (non-hydrogen) atoms. The molecule has 0 saturated heterocycles. The second-order valence-electron chi connectivity index (χ2n) is 8.99. The maximum Gasteiger partial charge on any atom is 0.338 e. The number of aromatic nitrogens is 1. The molecule has 6 nitrogen and oxygen atoms in total. The fourth-order valence-electron chi connectivity index (χ4n) is 3.93. The fraction of sp³-hybridized carbons (Fsp3) is 0.321. The van der Waals surface area contributed by atoms with Gasteiger partial charge in [0.05, 0.1) is 35.1 Å². The quantitative estimate of drug-likeness (QED) is 0.467. The number of benzene rings is 2. The largest absolute Gasteiger partial charge is 0.493 e. The van der Waals surface area contributed by atoms with Gasteiger partial charge in [-0.25, -0.2) is 9.79 Å². The smallest absolute Gasteiger partial charge is 0.338 e.